The van der Waals surface area contributed by atoms with E-state index in [0.717, 1.165) is 0 Å². The third-order valence-electron chi connectivity index (χ3n) is 2.32. The number of hydrogen-bond acceptors (Lipinski definition) is 3. The highest BCUT2D eigenvalue weighted by Crippen LogP contribution is 2.28. The SMILES string of the molecule is O=S(=O)(Nc1ccc(O)cc1Cl)c1ccc(Cl)cc1. The van der Waals surface area contributed by atoms with Gasteiger partial charge in [-0.1, -0.05) is 23.2 Å². The molecule has 100 valence electrons. The second kappa shape index (κ2) is 5.28. The van der Waals surface area contributed by atoms with Gasteiger partial charge in [-0.2, -0.15) is 0 Å². The first-order valence-electron chi connectivity index (χ1n) is 5.15. The van der Waals surface area contributed by atoms with E-state index in [-0.39, 0.29) is 21.4 Å². The predicted octanol–water partition coefficient (Wildman–Crippen LogP) is 3.50. The maximum atomic E-state index is 12.1. The van der Waals surface area contributed by atoms with Crippen molar-refractivity contribution in [3.8, 4) is 5.75 Å². The lowest BCUT2D eigenvalue weighted by Gasteiger charge is -2.09. The zero-order chi connectivity index (χ0) is 14.0. The van der Waals surface area contributed by atoms with Crippen LogP contribution in [-0.2, 0) is 10.0 Å². The Labute approximate surface area is 120 Å². The van der Waals surface area contributed by atoms with E-state index in [1.807, 2.05) is 0 Å². The monoisotopic (exact) mass is 317 g/mol. The van der Waals surface area contributed by atoms with Gasteiger partial charge in [-0.25, -0.2) is 8.42 Å². The summed E-state index contributed by atoms with van der Waals surface area (Å²) in [5.74, 6) is -0.0422. The van der Waals surface area contributed by atoms with Gasteiger partial charge in [0.15, 0.2) is 0 Å². The molecule has 0 unspecified atom stereocenters. The maximum Gasteiger partial charge on any atom is 0.261 e. The molecule has 0 aliphatic heterocycles. The van der Waals surface area contributed by atoms with Crippen molar-refractivity contribution in [1.29, 1.82) is 0 Å². The zero-order valence-corrected chi connectivity index (χ0v) is 11.8. The van der Waals surface area contributed by atoms with Gasteiger partial charge in [0.2, 0.25) is 0 Å². The number of phenolic OH excluding ortho intramolecular Hbond substituents is 1. The lowest BCUT2D eigenvalue weighted by atomic mass is 10.3. The summed E-state index contributed by atoms with van der Waals surface area (Å²) in [6.07, 6.45) is 0. The van der Waals surface area contributed by atoms with E-state index >= 15 is 0 Å². The van der Waals surface area contributed by atoms with Crippen molar-refractivity contribution in [2.75, 3.05) is 4.72 Å². The van der Waals surface area contributed by atoms with Crippen LogP contribution in [0.5, 0.6) is 5.75 Å². The smallest absolute Gasteiger partial charge is 0.261 e. The molecule has 0 aromatic heterocycles. The Bertz CT molecular complexity index is 699. The molecule has 0 heterocycles. The Morgan fingerprint density at radius 3 is 2.21 bits per heavy atom. The highest BCUT2D eigenvalue weighted by Gasteiger charge is 2.15. The average molecular weight is 318 g/mol. The van der Waals surface area contributed by atoms with Gasteiger partial charge in [0.05, 0.1) is 15.6 Å². The van der Waals surface area contributed by atoms with Crippen LogP contribution in [0.3, 0.4) is 0 Å². The third-order valence-corrected chi connectivity index (χ3v) is 4.27. The minimum atomic E-state index is -3.74. The third kappa shape index (κ3) is 3.32. The Hall–Kier alpha value is -1.43. The van der Waals surface area contributed by atoms with Crippen LogP contribution in [-0.4, -0.2) is 13.5 Å². The molecule has 2 aromatic carbocycles. The molecule has 0 aliphatic rings. The van der Waals surface area contributed by atoms with Crippen LogP contribution in [0.2, 0.25) is 10.0 Å². The first kappa shape index (κ1) is 14.0. The predicted molar refractivity (Wildman–Crippen MR) is 75.4 cm³/mol. The molecule has 0 saturated heterocycles. The van der Waals surface area contributed by atoms with Gasteiger partial charge in [0.25, 0.3) is 10.0 Å². The number of nitrogens with one attached hydrogen (secondary N) is 1. The van der Waals surface area contributed by atoms with Crippen LogP contribution in [0.25, 0.3) is 0 Å². The highest BCUT2D eigenvalue weighted by atomic mass is 35.5. The van der Waals surface area contributed by atoms with Crippen LogP contribution in [0.4, 0.5) is 5.69 Å². The average Bonchev–Trinajstić information content (AvgIpc) is 2.33. The lowest BCUT2D eigenvalue weighted by Crippen LogP contribution is -2.13. The molecule has 4 nitrogen and oxygen atoms in total. The summed E-state index contributed by atoms with van der Waals surface area (Å²) >= 11 is 11.5. The van der Waals surface area contributed by atoms with Crippen molar-refractivity contribution >= 4 is 38.9 Å². The summed E-state index contributed by atoms with van der Waals surface area (Å²) in [6, 6.07) is 9.71. The molecular formula is C12H9Cl2NO3S. The van der Waals surface area contributed by atoms with Crippen LogP contribution in [0.1, 0.15) is 0 Å². The van der Waals surface area contributed by atoms with Crippen molar-refractivity contribution in [2.24, 2.45) is 0 Å². The molecule has 2 N–H and O–H groups in total. The second-order valence-corrected chi connectivity index (χ2v) is 6.25. The second-order valence-electron chi connectivity index (χ2n) is 3.72. The van der Waals surface area contributed by atoms with E-state index in [4.69, 9.17) is 23.2 Å². The first-order valence-corrected chi connectivity index (χ1v) is 7.39. The van der Waals surface area contributed by atoms with Crippen LogP contribution >= 0.6 is 23.2 Å². The molecule has 7 heteroatoms. The van der Waals surface area contributed by atoms with Crippen molar-refractivity contribution in [3.05, 3.63) is 52.5 Å². The zero-order valence-electron chi connectivity index (χ0n) is 9.47. The van der Waals surface area contributed by atoms with Gasteiger partial charge in [-0.05, 0) is 36.4 Å². The molecular weight excluding hydrogens is 309 g/mol. The van der Waals surface area contributed by atoms with Crippen LogP contribution < -0.4 is 4.72 Å². The fraction of sp³-hybridized carbons (Fsp3) is 0. The quantitative estimate of drug-likeness (QED) is 0.851. The number of anilines is 1. The summed E-state index contributed by atoms with van der Waals surface area (Å²) in [4.78, 5) is 0.0704. The number of aromatic hydroxyl groups is 1. The minimum absolute atomic E-state index is 0.0422. The van der Waals surface area contributed by atoms with E-state index in [9.17, 15) is 13.5 Å². The van der Waals surface area contributed by atoms with Gasteiger partial charge in [-0.15, -0.1) is 0 Å². The Morgan fingerprint density at radius 1 is 1.00 bits per heavy atom. The fourth-order valence-electron chi connectivity index (χ4n) is 1.40. The molecule has 19 heavy (non-hydrogen) atoms. The first-order chi connectivity index (χ1) is 8.88. The summed E-state index contributed by atoms with van der Waals surface area (Å²) in [6.45, 7) is 0. The van der Waals surface area contributed by atoms with E-state index in [2.05, 4.69) is 4.72 Å². The van der Waals surface area contributed by atoms with E-state index in [1.54, 1.807) is 0 Å². The topological polar surface area (TPSA) is 66.4 Å². The highest BCUT2D eigenvalue weighted by molar-refractivity contribution is 7.92. The van der Waals surface area contributed by atoms with Crippen molar-refractivity contribution < 1.29 is 13.5 Å². The molecule has 2 rings (SSSR count). The Balaban J connectivity index is 2.33. The summed E-state index contributed by atoms with van der Waals surface area (Å²) in [5.41, 5.74) is 0.189. The number of hydrogen-bond donors (Lipinski definition) is 2. The largest absolute Gasteiger partial charge is 0.508 e. The molecule has 2 aromatic rings. The molecule has 0 spiro atoms. The normalized spacial score (nSPS) is 11.3. The molecule has 0 bridgehead atoms. The summed E-state index contributed by atoms with van der Waals surface area (Å²) in [7, 11) is -3.74. The number of sulfonamides is 1. The Morgan fingerprint density at radius 2 is 1.63 bits per heavy atom. The van der Waals surface area contributed by atoms with Crippen molar-refractivity contribution in [1.82, 2.24) is 0 Å². The van der Waals surface area contributed by atoms with Crippen molar-refractivity contribution in [2.45, 2.75) is 4.90 Å². The summed E-state index contributed by atoms with van der Waals surface area (Å²) < 4.78 is 26.5. The van der Waals surface area contributed by atoms with Gasteiger partial charge in [0, 0.05) is 11.1 Å². The number of phenols is 1. The van der Waals surface area contributed by atoms with Gasteiger partial charge >= 0.3 is 0 Å². The van der Waals surface area contributed by atoms with Gasteiger partial charge in [0.1, 0.15) is 5.75 Å². The molecule has 0 saturated carbocycles. The Kier molecular flexibility index (Phi) is 3.89. The summed E-state index contributed by atoms with van der Waals surface area (Å²) in [5, 5.41) is 9.76. The fourth-order valence-corrected chi connectivity index (χ4v) is 2.89. The standard InChI is InChI=1S/C12H9Cl2NO3S/c13-8-1-4-10(5-2-8)19(17,18)15-12-6-3-9(16)7-11(12)14/h1-7,15-16H. The number of rotatable bonds is 3. The molecule has 0 aliphatic carbocycles. The van der Waals surface area contributed by atoms with Gasteiger partial charge in [-0.3, -0.25) is 4.72 Å². The molecule has 0 amide bonds. The molecule has 0 atom stereocenters. The van der Waals surface area contributed by atoms with E-state index in [0.29, 0.717) is 5.02 Å². The van der Waals surface area contributed by atoms with Crippen molar-refractivity contribution in [3.63, 3.8) is 0 Å². The van der Waals surface area contributed by atoms with E-state index in [1.165, 1.54) is 42.5 Å². The minimum Gasteiger partial charge on any atom is -0.508 e. The maximum absolute atomic E-state index is 12.1. The number of benzene rings is 2. The molecule has 0 radical (unpaired) electrons. The van der Waals surface area contributed by atoms with Crippen LogP contribution in [0, 0.1) is 0 Å². The van der Waals surface area contributed by atoms with Crippen LogP contribution in [0.15, 0.2) is 47.4 Å². The lowest BCUT2D eigenvalue weighted by molar-refractivity contribution is 0.475. The van der Waals surface area contributed by atoms with Gasteiger partial charge < -0.3 is 5.11 Å². The number of halogens is 2. The van der Waals surface area contributed by atoms with E-state index < -0.39 is 10.0 Å². The molecule has 0 fully saturated rings.